The third kappa shape index (κ3) is 14.9. The number of aliphatic hydroxyl groups is 1. The van der Waals surface area contributed by atoms with Gasteiger partial charge in [-0.1, -0.05) is 74.5 Å². The predicted molar refractivity (Wildman–Crippen MR) is 188 cm³/mol. The Morgan fingerprint density at radius 1 is 0.720 bits per heavy atom. The number of hydrogen-bond acceptors (Lipinski definition) is 10. The Bertz CT molecular complexity index is 1270. The minimum atomic E-state index is -1.39. The van der Waals surface area contributed by atoms with Crippen molar-refractivity contribution in [3.8, 4) is 0 Å². The molecule has 0 radical (unpaired) electrons. The number of alkyl carbamates (subject to hydrolysis) is 2. The number of hydrogen-bond donors (Lipinski definition) is 3. The van der Waals surface area contributed by atoms with Crippen LogP contribution in [0.4, 0.5) is 9.59 Å². The van der Waals surface area contributed by atoms with Crippen molar-refractivity contribution in [2.45, 2.75) is 135 Å². The molecule has 1 aliphatic rings. The first kappa shape index (κ1) is 41.2. The highest BCUT2D eigenvalue weighted by atomic mass is 16.7. The van der Waals surface area contributed by atoms with Gasteiger partial charge in [0.25, 0.3) is 0 Å². The minimum absolute atomic E-state index is 0.0891. The van der Waals surface area contributed by atoms with Gasteiger partial charge in [0.2, 0.25) is 0 Å². The highest BCUT2D eigenvalue weighted by molar-refractivity contribution is 5.68. The summed E-state index contributed by atoms with van der Waals surface area (Å²) in [5, 5.41) is 16.9. The predicted octanol–water partition coefficient (Wildman–Crippen LogP) is 5.88. The first-order chi connectivity index (χ1) is 23.7. The number of benzene rings is 2. The van der Waals surface area contributed by atoms with Crippen LogP contribution in [0, 0.1) is 0 Å². The number of carbonyl (C=O) groups excluding carboxylic acids is 2. The molecule has 280 valence electrons. The van der Waals surface area contributed by atoms with Crippen molar-refractivity contribution in [2.75, 3.05) is 19.8 Å². The topological polar surface area (TPSA) is 143 Å². The number of ether oxygens (including phenoxy) is 7. The second-order valence-corrected chi connectivity index (χ2v) is 14.2. The SMILES string of the molecule is CCC(NC(=O)OC(C)(C)C)OC[C@H]1O[C@H](O)[C@H](OCCc2ccccc2)[C@@H](OCCc2ccccc2)[C@@H]1OC(CC)NC(=O)OC(C)(C)C. The molecule has 1 heterocycles. The van der Waals surface area contributed by atoms with E-state index in [0.29, 0.717) is 32.3 Å². The van der Waals surface area contributed by atoms with Crippen LogP contribution in [-0.2, 0) is 46.0 Å². The monoisotopic (exact) mass is 702 g/mol. The van der Waals surface area contributed by atoms with E-state index in [4.69, 9.17) is 33.2 Å². The summed E-state index contributed by atoms with van der Waals surface area (Å²) in [6.45, 7) is 14.9. The molecule has 1 fully saturated rings. The Balaban J connectivity index is 1.87. The van der Waals surface area contributed by atoms with Gasteiger partial charge in [-0.25, -0.2) is 9.59 Å². The van der Waals surface area contributed by atoms with E-state index in [1.165, 1.54) is 0 Å². The van der Waals surface area contributed by atoms with Crippen LogP contribution in [0.15, 0.2) is 60.7 Å². The van der Waals surface area contributed by atoms with Crippen LogP contribution in [0.5, 0.6) is 0 Å². The summed E-state index contributed by atoms with van der Waals surface area (Å²) in [6.07, 6.45) is -5.68. The second kappa shape index (κ2) is 20.0. The number of nitrogens with one attached hydrogen (secondary N) is 2. The van der Waals surface area contributed by atoms with Crippen LogP contribution in [0.3, 0.4) is 0 Å². The summed E-state index contributed by atoms with van der Waals surface area (Å²) in [7, 11) is 0. The molecule has 0 bridgehead atoms. The van der Waals surface area contributed by atoms with Gasteiger partial charge in [-0.15, -0.1) is 0 Å². The van der Waals surface area contributed by atoms with E-state index in [1.54, 1.807) is 41.5 Å². The Morgan fingerprint density at radius 3 is 1.64 bits per heavy atom. The van der Waals surface area contributed by atoms with Gasteiger partial charge in [0, 0.05) is 0 Å². The molecule has 0 spiro atoms. The fourth-order valence-corrected chi connectivity index (χ4v) is 5.25. The molecule has 12 nitrogen and oxygen atoms in total. The number of carbonyl (C=O) groups is 2. The summed E-state index contributed by atoms with van der Waals surface area (Å²) in [6, 6.07) is 19.8. The molecule has 7 atom stereocenters. The van der Waals surface area contributed by atoms with Gasteiger partial charge in [0.1, 0.15) is 48.1 Å². The van der Waals surface area contributed by atoms with Crippen LogP contribution in [0.25, 0.3) is 0 Å². The van der Waals surface area contributed by atoms with Gasteiger partial charge in [-0.3, -0.25) is 10.6 Å². The van der Waals surface area contributed by atoms with Gasteiger partial charge in [-0.2, -0.15) is 0 Å². The van der Waals surface area contributed by atoms with Crippen LogP contribution in [-0.4, -0.2) is 91.5 Å². The first-order valence-corrected chi connectivity index (χ1v) is 17.6. The van der Waals surface area contributed by atoms with Crippen LogP contribution >= 0.6 is 0 Å². The lowest BCUT2D eigenvalue weighted by Gasteiger charge is -2.45. The molecule has 2 aromatic rings. The van der Waals surface area contributed by atoms with E-state index in [0.717, 1.165) is 11.1 Å². The van der Waals surface area contributed by atoms with Crippen LogP contribution in [0.2, 0.25) is 0 Å². The van der Waals surface area contributed by atoms with Crippen molar-refractivity contribution in [3.63, 3.8) is 0 Å². The molecular weight excluding hydrogens is 644 g/mol. The summed E-state index contributed by atoms with van der Waals surface area (Å²) < 4.78 is 42.5. The standard InChI is InChI=1S/C38H58N2O10/c1-9-29(39-35(42)49-37(3,4)5)46-25-28-31(48-30(10-2)40-36(43)50-38(6,7)8)32(44-23-21-26-17-13-11-14-18-26)33(34(41)47-28)45-24-22-27-19-15-12-16-20-27/h11-20,28-34,41H,9-10,21-25H2,1-8H3,(H,39,42)(H,40,43)/t28-,29?,30?,31-,32+,33-,34+/m1/s1. The Hall–Kier alpha value is -3.26. The molecule has 1 aliphatic heterocycles. The average Bonchev–Trinajstić information content (AvgIpc) is 3.04. The third-order valence-corrected chi connectivity index (χ3v) is 7.58. The fraction of sp³-hybridized carbons (Fsp3) is 0.632. The molecule has 12 heteroatoms. The Kier molecular flexibility index (Phi) is 16.4. The minimum Gasteiger partial charge on any atom is -0.444 e. The molecule has 50 heavy (non-hydrogen) atoms. The van der Waals surface area contributed by atoms with Crippen molar-refractivity contribution in [2.24, 2.45) is 0 Å². The van der Waals surface area contributed by atoms with Crippen LogP contribution in [0.1, 0.15) is 79.4 Å². The zero-order chi connectivity index (χ0) is 36.7. The lowest BCUT2D eigenvalue weighted by molar-refractivity contribution is -0.319. The summed E-state index contributed by atoms with van der Waals surface area (Å²) in [4.78, 5) is 25.3. The normalized spacial score (nSPS) is 22.3. The largest absolute Gasteiger partial charge is 0.444 e. The molecule has 2 amide bonds. The maximum absolute atomic E-state index is 12.8. The van der Waals surface area contributed by atoms with Gasteiger partial charge in [-0.05, 0) is 78.4 Å². The van der Waals surface area contributed by atoms with E-state index >= 15 is 0 Å². The lowest BCUT2D eigenvalue weighted by Crippen LogP contribution is -2.63. The van der Waals surface area contributed by atoms with Gasteiger partial charge in [0.05, 0.1) is 19.8 Å². The highest BCUT2D eigenvalue weighted by Gasteiger charge is 2.49. The van der Waals surface area contributed by atoms with Crippen molar-refractivity contribution in [1.82, 2.24) is 10.6 Å². The van der Waals surface area contributed by atoms with Gasteiger partial charge >= 0.3 is 12.2 Å². The fourth-order valence-electron chi connectivity index (χ4n) is 5.25. The van der Waals surface area contributed by atoms with Gasteiger partial charge in [0.15, 0.2) is 6.29 Å². The Morgan fingerprint density at radius 2 is 1.18 bits per heavy atom. The van der Waals surface area contributed by atoms with E-state index in [2.05, 4.69) is 10.6 Å². The van der Waals surface area contributed by atoms with Gasteiger partial charge < -0.3 is 38.3 Å². The smallest absolute Gasteiger partial charge is 0.409 e. The maximum atomic E-state index is 12.8. The lowest BCUT2D eigenvalue weighted by atomic mass is 9.98. The van der Waals surface area contributed by atoms with Crippen molar-refractivity contribution >= 4 is 12.2 Å². The van der Waals surface area contributed by atoms with E-state index in [1.807, 2.05) is 74.5 Å². The van der Waals surface area contributed by atoms with E-state index in [-0.39, 0.29) is 13.2 Å². The summed E-state index contributed by atoms with van der Waals surface area (Å²) in [5.41, 5.74) is 0.758. The molecule has 1 saturated heterocycles. The van der Waals surface area contributed by atoms with E-state index < -0.39 is 66.6 Å². The Labute approximate surface area is 297 Å². The quantitative estimate of drug-likeness (QED) is 0.171. The molecule has 0 saturated carbocycles. The maximum Gasteiger partial charge on any atom is 0.409 e. The summed E-state index contributed by atoms with van der Waals surface area (Å²) >= 11 is 0. The number of amides is 2. The first-order valence-electron chi connectivity index (χ1n) is 17.6. The molecule has 2 unspecified atom stereocenters. The van der Waals surface area contributed by atoms with E-state index in [9.17, 15) is 14.7 Å². The average molecular weight is 703 g/mol. The molecule has 0 aliphatic carbocycles. The molecule has 3 N–H and O–H groups in total. The zero-order valence-electron chi connectivity index (χ0n) is 30.9. The zero-order valence-corrected chi connectivity index (χ0v) is 30.9. The highest BCUT2D eigenvalue weighted by Crippen LogP contribution is 2.29. The van der Waals surface area contributed by atoms with Crippen LogP contribution < -0.4 is 10.6 Å². The molecule has 2 aromatic carbocycles. The molecular formula is C38H58N2O10. The third-order valence-electron chi connectivity index (χ3n) is 7.58. The molecule has 0 aromatic heterocycles. The number of aliphatic hydroxyl groups excluding tert-OH is 1. The van der Waals surface area contributed by atoms with Crippen molar-refractivity contribution in [3.05, 3.63) is 71.8 Å². The van der Waals surface area contributed by atoms with Crippen molar-refractivity contribution < 1.29 is 47.9 Å². The van der Waals surface area contributed by atoms with Crippen molar-refractivity contribution in [1.29, 1.82) is 0 Å². The molecule has 3 rings (SSSR count). The second-order valence-electron chi connectivity index (χ2n) is 14.2. The number of rotatable bonds is 17. The summed E-state index contributed by atoms with van der Waals surface area (Å²) in [5.74, 6) is 0.